The average Bonchev–Trinajstić information content (AvgIpc) is 3.11. The van der Waals surface area contributed by atoms with Crippen LogP contribution in [0.2, 0.25) is 0 Å². The quantitative estimate of drug-likeness (QED) is 0.747. The maximum absolute atomic E-state index is 12.9. The van der Waals surface area contributed by atoms with Crippen LogP contribution in [0.5, 0.6) is 0 Å². The van der Waals surface area contributed by atoms with Gasteiger partial charge in [-0.15, -0.1) is 11.3 Å². The maximum Gasteiger partial charge on any atom is 0.262 e. The van der Waals surface area contributed by atoms with Gasteiger partial charge < -0.3 is 5.32 Å². The molecule has 1 aromatic carbocycles. The Balaban J connectivity index is 1.75. The Morgan fingerprint density at radius 1 is 1.27 bits per heavy atom. The van der Waals surface area contributed by atoms with Crippen molar-refractivity contribution < 1.29 is 4.79 Å². The maximum atomic E-state index is 12.9. The van der Waals surface area contributed by atoms with E-state index in [2.05, 4.69) is 11.4 Å². The molecular formula is C20H19N3O2S. The van der Waals surface area contributed by atoms with Gasteiger partial charge in [0, 0.05) is 24.0 Å². The number of nitrogens with one attached hydrogen (secondary N) is 1. The van der Waals surface area contributed by atoms with Gasteiger partial charge in [0.05, 0.1) is 5.39 Å². The fourth-order valence-corrected chi connectivity index (χ4v) is 4.35. The third-order valence-electron chi connectivity index (χ3n) is 4.75. The van der Waals surface area contributed by atoms with Gasteiger partial charge in [0.1, 0.15) is 10.7 Å². The lowest BCUT2D eigenvalue weighted by molar-refractivity contribution is -0.114. The number of aromatic nitrogens is 2. The van der Waals surface area contributed by atoms with Crippen LogP contribution in [-0.2, 0) is 11.3 Å². The summed E-state index contributed by atoms with van der Waals surface area (Å²) in [5.74, 6) is 0.685. The second kappa shape index (κ2) is 6.21. The first kappa shape index (κ1) is 16.7. The Hall–Kier alpha value is -2.73. The van der Waals surface area contributed by atoms with E-state index in [9.17, 15) is 9.59 Å². The van der Waals surface area contributed by atoms with E-state index in [1.54, 1.807) is 15.9 Å². The van der Waals surface area contributed by atoms with Crippen LogP contribution in [0.15, 0.2) is 29.1 Å². The van der Waals surface area contributed by atoms with Crippen LogP contribution in [0.1, 0.15) is 35.2 Å². The van der Waals surface area contributed by atoms with E-state index in [-0.39, 0.29) is 11.5 Å². The standard InChI is InChI=1S/C20H19N3O2S/c1-11-12(2)26-19-17(11)20(25)23-9-8-15(18(23)22-19)10-14-4-6-16(7-5-14)21-13(3)24/h4-7,10H,8-9H2,1-3H3,(H,21,24)/b15-10-. The van der Waals surface area contributed by atoms with Gasteiger partial charge >= 0.3 is 0 Å². The summed E-state index contributed by atoms with van der Waals surface area (Å²) >= 11 is 1.58. The zero-order chi connectivity index (χ0) is 18.4. The van der Waals surface area contributed by atoms with E-state index >= 15 is 0 Å². The third-order valence-corrected chi connectivity index (χ3v) is 5.85. The van der Waals surface area contributed by atoms with Crippen LogP contribution in [0.3, 0.4) is 0 Å². The molecule has 5 nitrogen and oxygen atoms in total. The van der Waals surface area contributed by atoms with Crippen LogP contribution in [0.25, 0.3) is 21.9 Å². The second-order valence-electron chi connectivity index (χ2n) is 6.58. The molecule has 0 saturated carbocycles. The number of carbonyl (C=O) groups is 1. The molecule has 1 aliphatic rings. The van der Waals surface area contributed by atoms with Gasteiger partial charge in [0.15, 0.2) is 0 Å². The first-order chi connectivity index (χ1) is 12.4. The Morgan fingerprint density at radius 2 is 2.00 bits per heavy atom. The smallest absolute Gasteiger partial charge is 0.262 e. The predicted molar refractivity (Wildman–Crippen MR) is 107 cm³/mol. The summed E-state index contributed by atoms with van der Waals surface area (Å²) in [7, 11) is 0. The van der Waals surface area contributed by atoms with Gasteiger partial charge in [-0.1, -0.05) is 12.1 Å². The number of rotatable bonds is 2. The Bertz CT molecular complexity index is 1120. The van der Waals surface area contributed by atoms with Crippen LogP contribution in [-0.4, -0.2) is 15.5 Å². The van der Waals surface area contributed by atoms with Crippen LogP contribution >= 0.6 is 11.3 Å². The topological polar surface area (TPSA) is 64.0 Å². The van der Waals surface area contributed by atoms with E-state index in [1.807, 2.05) is 38.1 Å². The minimum Gasteiger partial charge on any atom is -0.326 e. The van der Waals surface area contributed by atoms with Crippen molar-refractivity contribution in [2.24, 2.45) is 0 Å². The first-order valence-electron chi connectivity index (χ1n) is 8.53. The lowest BCUT2D eigenvalue weighted by Gasteiger charge is -2.04. The number of allylic oxidation sites excluding steroid dienone is 1. The lowest BCUT2D eigenvalue weighted by atomic mass is 10.1. The Labute approximate surface area is 155 Å². The molecule has 3 heterocycles. The van der Waals surface area contributed by atoms with E-state index in [0.717, 1.165) is 49.7 Å². The number of carbonyl (C=O) groups excluding carboxylic acids is 1. The number of amides is 1. The summed E-state index contributed by atoms with van der Waals surface area (Å²) in [6.45, 7) is 6.18. The van der Waals surface area contributed by atoms with Crippen molar-refractivity contribution in [1.82, 2.24) is 9.55 Å². The molecule has 2 aromatic heterocycles. The molecule has 6 heteroatoms. The van der Waals surface area contributed by atoms with Crippen molar-refractivity contribution in [1.29, 1.82) is 0 Å². The van der Waals surface area contributed by atoms with Crippen molar-refractivity contribution >= 4 is 44.8 Å². The van der Waals surface area contributed by atoms with Crippen molar-refractivity contribution in [2.75, 3.05) is 5.32 Å². The molecule has 3 aromatic rings. The highest BCUT2D eigenvalue weighted by molar-refractivity contribution is 7.18. The summed E-state index contributed by atoms with van der Waals surface area (Å²) in [6.07, 6.45) is 2.87. The number of fused-ring (bicyclic) bond motifs is 2. The molecule has 26 heavy (non-hydrogen) atoms. The summed E-state index contributed by atoms with van der Waals surface area (Å²) in [5.41, 5.74) is 3.97. The minimum absolute atomic E-state index is 0.0660. The normalized spacial score (nSPS) is 14.8. The molecule has 0 radical (unpaired) electrons. The SMILES string of the molecule is CC(=O)Nc1ccc(/C=C2/CCn3c2nc2sc(C)c(C)c2c3=O)cc1. The van der Waals surface area contributed by atoms with Crippen molar-refractivity contribution in [3.63, 3.8) is 0 Å². The summed E-state index contributed by atoms with van der Waals surface area (Å²) in [4.78, 5) is 30.7. The van der Waals surface area contributed by atoms with Crippen molar-refractivity contribution in [2.45, 2.75) is 33.7 Å². The highest BCUT2D eigenvalue weighted by Crippen LogP contribution is 2.32. The number of anilines is 1. The number of aryl methyl sites for hydroxylation is 2. The van der Waals surface area contributed by atoms with Gasteiger partial charge in [0.25, 0.3) is 5.56 Å². The zero-order valence-electron chi connectivity index (χ0n) is 14.9. The highest BCUT2D eigenvalue weighted by Gasteiger charge is 2.23. The Kier molecular flexibility index (Phi) is 4.00. The summed E-state index contributed by atoms with van der Waals surface area (Å²) in [6, 6.07) is 7.66. The summed E-state index contributed by atoms with van der Waals surface area (Å²) < 4.78 is 1.79. The Morgan fingerprint density at radius 3 is 2.69 bits per heavy atom. The van der Waals surface area contributed by atoms with Crippen LogP contribution in [0, 0.1) is 13.8 Å². The number of thiophene rings is 1. The molecule has 4 rings (SSSR count). The number of nitrogens with zero attached hydrogens (tertiary/aromatic N) is 2. The van der Waals surface area contributed by atoms with Crippen molar-refractivity contribution in [3.05, 3.63) is 56.4 Å². The van der Waals surface area contributed by atoms with Crippen LogP contribution in [0.4, 0.5) is 5.69 Å². The largest absolute Gasteiger partial charge is 0.326 e. The molecule has 0 atom stereocenters. The van der Waals surface area contributed by atoms with Gasteiger partial charge in [-0.05, 0) is 55.2 Å². The number of hydrogen-bond donors (Lipinski definition) is 1. The van der Waals surface area contributed by atoms with Gasteiger partial charge in [-0.2, -0.15) is 0 Å². The van der Waals surface area contributed by atoms with Crippen LogP contribution < -0.4 is 10.9 Å². The minimum atomic E-state index is -0.0880. The average molecular weight is 365 g/mol. The molecule has 0 saturated heterocycles. The molecule has 0 unspecified atom stereocenters. The first-order valence-corrected chi connectivity index (χ1v) is 9.35. The monoisotopic (exact) mass is 365 g/mol. The molecule has 0 spiro atoms. The molecule has 1 amide bonds. The van der Waals surface area contributed by atoms with E-state index in [4.69, 9.17) is 4.98 Å². The number of hydrogen-bond acceptors (Lipinski definition) is 4. The van der Waals surface area contributed by atoms with Gasteiger partial charge in [-0.25, -0.2) is 4.98 Å². The molecule has 0 fully saturated rings. The number of benzene rings is 1. The van der Waals surface area contributed by atoms with Gasteiger partial charge in [-0.3, -0.25) is 14.2 Å². The molecular weight excluding hydrogens is 346 g/mol. The fourth-order valence-electron chi connectivity index (χ4n) is 3.33. The van der Waals surface area contributed by atoms with E-state index in [0.29, 0.717) is 6.54 Å². The molecule has 1 N–H and O–H groups in total. The third kappa shape index (κ3) is 2.76. The molecule has 132 valence electrons. The zero-order valence-corrected chi connectivity index (χ0v) is 15.7. The summed E-state index contributed by atoms with van der Waals surface area (Å²) in [5, 5.41) is 3.52. The fraction of sp³-hybridized carbons (Fsp3) is 0.250. The predicted octanol–water partition coefficient (Wildman–Crippen LogP) is 3.98. The van der Waals surface area contributed by atoms with Gasteiger partial charge in [0.2, 0.25) is 5.91 Å². The highest BCUT2D eigenvalue weighted by atomic mass is 32.1. The molecule has 0 aliphatic carbocycles. The second-order valence-corrected chi connectivity index (χ2v) is 7.78. The molecule has 0 bridgehead atoms. The van der Waals surface area contributed by atoms with E-state index in [1.165, 1.54) is 6.92 Å². The van der Waals surface area contributed by atoms with Crippen molar-refractivity contribution in [3.8, 4) is 0 Å². The lowest BCUT2D eigenvalue weighted by Crippen LogP contribution is -2.20. The van der Waals surface area contributed by atoms with E-state index < -0.39 is 0 Å². The molecule has 1 aliphatic heterocycles.